The van der Waals surface area contributed by atoms with E-state index in [1.807, 2.05) is 0 Å². The predicted octanol–water partition coefficient (Wildman–Crippen LogP) is 6.77. The number of hydrogen-bond donors (Lipinski definition) is 1. The van der Waals surface area contributed by atoms with E-state index in [1.165, 1.54) is 51.4 Å². The summed E-state index contributed by atoms with van der Waals surface area (Å²) in [4.78, 5) is 11.1. The first-order valence-electron chi connectivity index (χ1n) is 9.99. The van der Waals surface area contributed by atoms with Crippen LogP contribution in [0.2, 0.25) is 18.1 Å². The molecular formula is C20H42O3Si. The molecule has 0 aromatic rings. The molecule has 1 N–H and O–H groups in total. The number of hydrogen-bond acceptors (Lipinski definition) is 2. The fourth-order valence-electron chi connectivity index (χ4n) is 2.67. The fourth-order valence-corrected chi connectivity index (χ4v) is 4.06. The van der Waals surface area contributed by atoms with E-state index in [0.29, 0.717) is 0 Å². The maximum atomic E-state index is 11.1. The molecule has 144 valence electrons. The number of rotatable bonds is 14. The Balaban J connectivity index is 4.07. The smallest absolute Gasteiger partial charge is 0.305 e. The second kappa shape index (κ2) is 12.1. The molecule has 0 aliphatic rings. The SMILES string of the molecule is CCCCCCCCCCCC(CC(=O)O)O[Si](C)(C)C(C)(C)C. The Hall–Kier alpha value is -0.353. The van der Waals surface area contributed by atoms with E-state index < -0.39 is 14.3 Å². The summed E-state index contributed by atoms with van der Waals surface area (Å²) in [6.45, 7) is 13.3. The number of carboxylic acid groups (broad SMARTS) is 1. The van der Waals surface area contributed by atoms with Crippen LogP contribution in [0.3, 0.4) is 0 Å². The van der Waals surface area contributed by atoms with Gasteiger partial charge in [-0.2, -0.15) is 0 Å². The summed E-state index contributed by atoms with van der Waals surface area (Å²) in [6, 6.07) is 0. The molecule has 0 rings (SSSR count). The van der Waals surface area contributed by atoms with Gasteiger partial charge in [-0.05, 0) is 24.6 Å². The van der Waals surface area contributed by atoms with Crippen LogP contribution < -0.4 is 0 Å². The third-order valence-electron chi connectivity index (χ3n) is 5.30. The van der Waals surface area contributed by atoms with E-state index in [0.717, 1.165) is 12.8 Å². The molecule has 0 aromatic heterocycles. The van der Waals surface area contributed by atoms with Gasteiger partial charge in [0.1, 0.15) is 0 Å². The highest BCUT2D eigenvalue weighted by Crippen LogP contribution is 2.38. The molecule has 0 aliphatic heterocycles. The summed E-state index contributed by atoms with van der Waals surface area (Å²) in [5, 5.41) is 9.29. The van der Waals surface area contributed by atoms with Gasteiger partial charge in [0, 0.05) is 0 Å². The summed E-state index contributed by atoms with van der Waals surface area (Å²) in [7, 11) is -1.89. The maximum absolute atomic E-state index is 11.1. The van der Waals surface area contributed by atoms with Crippen LogP contribution in [0.1, 0.15) is 98.3 Å². The first-order valence-corrected chi connectivity index (χ1v) is 12.9. The number of carbonyl (C=O) groups is 1. The minimum Gasteiger partial charge on any atom is -0.481 e. The Morgan fingerprint density at radius 3 is 1.83 bits per heavy atom. The Kier molecular flexibility index (Phi) is 11.9. The second-order valence-corrected chi connectivity index (χ2v) is 13.5. The number of unbranched alkanes of at least 4 members (excludes halogenated alkanes) is 8. The van der Waals surface area contributed by atoms with Crippen molar-refractivity contribution in [3.8, 4) is 0 Å². The van der Waals surface area contributed by atoms with Crippen molar-refractivity contribution < 1.29 is 14.3 Å². The van der Waals surface area contributed by atoms with Crippen molar-refractivity contribution in [2.45, 2.75) is 123 Å². The number of carboxylic acids is 1. The maximum Gasteiger partial charge on any atom is 0.305 e. The molecule has 0 heterocycles. The highest BCUT2D eigenvalue weighted by atomic mass is 28.4. The van der Waals surface area contributed by atoms with Gasteiger partial charge in [-0.1, -0.05) is 85.5 Å². The summed E-state index contributed by atoms with van der Waals surface area (Å²) >= 11 is 0. The zero-order valence-electron chi connectivity index (χ0n) is 17.1. The molecule has 1 unspecified atom stereocenters. The molecule has 24 heavy (non-hydrogen) atoms. The van der Waals surface area contributed by atoms with Crippen LogP contribution in [0, 0.1) is 0 Å². The highest BCUT2D eigenvalue weighted by Gasteiger charge is 2.39. The molecule has 3 nitrogen and oxygen atoms in total. The Morgan fingerprint density at radius 1 is 0.958 bits per heavy atom. The summed E-state index contributed by atoms with van der Waals surface area (Å²) in [5.74, 6) is -0.741. The first kappa shape index (κ1) is 23.6. The van der Waals surface area contributed by atoms with Gasteiger partial charge in [0.2, 0.25) is 0 Å². The molecule has 4 heteroatoms. The zero-order chi connectivity index (χ0) is 18.6. The van der Waals surface area contributed by atoms with Gasteiger partial charge in [-0.25, -0.2) is 0 Å². The minimum atomic E-state index is -1.89. The average Bonchev–Trinajstić information content (AvgIpc) is 2.43. The molecule has 0 amide bonds. The van der Waals surface area contributed by atoms with Crippen LogP contribution in [0.5, 0.6) is 0 Å². The van der Waals surface area contributed by atoms with Gasteiger partial charge in [0.15, 0.2) is 8.32 Å². The van der Waals surface area contributed by atoms with Gasteiger partial charge < -0.3 is 9.53 Å². The van der Waals surface area contributed by atoms with E-state index in [1.54, 1.807) is 0 Å². The van der Waals surface area contributed by atoms with E-state index in [9.17, 15) is 4.79 Å². The number of aliphatic carboxylic acids is 1. The molecule has 0 saturated carbocycles. The van der Waals surface area contributed by atoms with Crippen LogP contribution in [0.15, 0.2) is 0 Å². The molecule has 0 fully saturated rings. The largest absolute Gasteiger partial charge is 0.481 e. The monoisotopic (exact) mass is 358 g/mol. The molecule has 0 aliphatic carbocycles. The van der Waals surface area contributed by atoms with Crippen LogP contribution in [0.25, 0.3) is 0 Å². The standard InChI is InChI=1S/C20H42O3Si/c1-7-8-9-10-11-12-13-14-15-16-18(17-19(21)22)23-24(5,6)20(2,3)4/h18H,7-17H2,1-6H3,(H,21,22). The topological polar surface area (TPSA) is 46.5 Å². The highest BCUT2D eigenvalue weighted by molar-refractivity contribution is 6.74. The lowest BCUT2D eigenvalue weighted by Crippen LogP contribution is -2.44. The van der Waals surface area contributed by atoms with Gasteiger partial charge >= 0.3 is 5.97 Å². The molecule has 0 radical (unpaired) electrons. The average molecular weight is 359 g/mol. The van der Waals surface area contributed by atoms with Gasteiger partial charge in [-0.3, -0.25) is 4.79 Å². The van der Waals surface area contributed by atoms with Gasteiger partial charge in [0.05, 0.1) is 12.5 Å². The van der Waals surface area contributed by atoms with Crippen molar-refractivity contribution in [2.75, 3.05) is 0 Å². The van der Waals surface area contributed by atoms with Crippen LogP contribution in [-0.4, -0.2) is 25.5 Å². The normalized spacial score (nSPS) is 13.9. The lowest BCUT2D eigenvalue weighted by atomic mass is 10.0. The second-order valence-electron chi connectivity index (χ2n) is 8.72. The lowest BCUT2D eigenvalue weighted by molar-refractivity contribution is -0.139. The van der Waals surface area contributed by atoms with Crippen molar-refractivity contribution >= 4 is 14.3 Å². The predicted molar refractivity (Wildman–Crippen MR) is 106 cm³/mol. The van der Waals surface area contributed by atoms with Crippen molar-refractivity contribution in [2.24, 2.45) is 0 Å². The Morgan fingerprint density at radius 2 is 1.42 bits per heavy atom. The molecular weight excluding hydrogens is 316 g/mol. The van der Waals surface area contributed by atoms with E-state index in [-0.39, 0.29) is 17.6 Å². The van der Waals surface area contributed by atoms with E-state index in [2.05, 4.69) is 40.8 Å². The van der Waals surface area contributed by atoms with Crippen LogP contribution in [-0.2, 0) is 9.22 Å². The van der Waals surface area contributed by atoms with Crippen molar-refractivity contribution in [1.29, 1.82) is 0 Å². The fraction of sp³-hybridized carbons (Fsp3) is 0.950. The summed E-state index contributed by atoms with van der Waals surface area (Å²) in [5.41, 5.74) is 0. The van der Waals surface area contributed by atoms with Crippen molar-refractivity contribution in [3.05, 3.63) is 0 Å². The minimum absolute atomic E-state index is 0.118. The van der Waals surface area contributed by atoms with Crippen LogP contribution >= 0.6 is 0 Å². The lowest BCUT2D eigenvalue weighted by Gasteiger charge is -2.39. The Bertz CT molecular complexity index is 334. The zero-order valence-corrected chi connectivity index (χ0v) is 18.1. The molecule has 0 spiro atoms. The van der Waals surface area contributed by atoms with Gasteiger partial charge in [0.25, 0.3) is 0 Å². The summed E-state index contributed by atoms with van der Waals surface area (Å²) in [6.07, 6.45) is 12.5. The van der Waals surface area contributed by atoms with Gasteiger partial charge in [-0.15, -0.1) is 0 Å². The summed E-state index contributed by atoms with van der Waals surface area (Å²) < 4.78 is 6.34. The first-order chi connectivity index (χ1) is 11.1. The Labute approximate surface area is 151 Å². The van der Waals surface area contributed by atoms with E-state index >= 15 is 0 Å². The quantitative estimate of drug-likeness (QED) is 0.275. The molecule has 0 bridgehead atoms. The molecule has 1 atom stereocenters. The molecule has 0 aromatic carbocycles. The van der Waals surface area contributed by atoms with Crippen molar-refractivity contribution in [3.63, 3.8) is 0 Å². The molecule has 0 saturated heterocycles. The third kappa shape index (κ3) is 11.2. The van der Waals surface area contributed by atoms with Crippen molar-refractivity contribution in [1.82, 2.24) is 0 Å². The van der Waals surface area contributed by atoms with Crippen LogP contribution in [0.4, 0.5) is 0 Å². The van der Waals surface area contributed by atoms with E-state index in [4.69, 9.17) is 9.53 Å². The third-order valence-corrected chi connectivity index (χ3v) is 9.83.